The average molecular weight is 273 g/mol. The van der Waals surface area contributed by atoms with Crippen molar-refractivity contribution in [2.45, 2.75) is 26.2 Å². The van der Waals surface area contributed by atoms with Crippen LogP contribution in [-0.2, 0) is 11.2 Å². The van der Waals surface area contributed by atoms with Crippen LogP contribution in [-0.4, -0.2) is 6.29 Å². The lowest BCUT2D eigenvalue weighted by Crippen LogP contribution is -2.04. The van der Waals surface area contributed by atoms with E-state index in [1.54, 1.807) is 0 Å². The number of carbonyl (C=O) groups excluding carboxylic acids is 1. The van der Waals surface area contributed by atoms with Gasteiger partial charge in [0, 0.05) is 10.9 Å². The van der Waals surface area contributed by atoms with E-state index in [0.29, 0.717) is 11.4 Å². The fraction of sp³-hybridized carbons (Fsp3) is 0.235. The SMILES string of the molecule is Cc1ccc(CC(C=O)c2cccc(Cl)c2)cc1C. The molecular weight excluding hydrogens is 256 g/mol. The fourth-order valence-electron chi connectivity index (χ4n) is 2.17. The van der Waals surface area contributed by atoms with Crippen LogP contribution in [0.2, 0.25) is 5.02 Å². The summed E-state index contributed by atoms with van der Waals surface area (Å²) < 4.78 is 0. The largest absolute Gasteiger partial charge is 0.303 e. The summed E-state index contributed by atoms with van der Waals surface area (Å²) in [5, 5.41) is 0.671. The van der Waals surface area contributed by atoms with Gasteiger partial charge in [-0.2, -0.15) is 0 Å². The molecule has 0 aromatic heterocycles. The predicted octanol–water partition coefficient (Wildman–Crippen LogP) is 4.48. The van der Waals surface area contributed by atoms with E-state index in [-0.39, 0.29) is 5.92 Å². The quantitative estimate of drug-likeness (QED) is 0.750. The topological polar surface area (TPSA) is 17.1 Å². The van der Waals surface area contributed by atoms with Gasteiger partial charge in [-0.3, -0.25) is 0 Å². The van der Waals surface area contributed by atoms with Gasteiger partial charge in [0.15, 0.2) is 0 Å². The van der Waals surface area contributed by atoms with Gasteiger partial charge in [-0.05, 0) is 54.7 Å². The first kappa shape index (κ1) is 13.8. The van der Waals surface area contributed by atoms with Gasteiger partial charge in [-0.15, -0.1) is 0 Å². The number of aldehydes is 1. The van der Waals surface area contributed by atoms with Crippen molar-refractivity contribution in [2.24, 2.45) is 0 Å². The second-order valence-electron chi connectivity index (χ2n) is 4.92. The van der Waals surface area contributed by atoms with Crippen molar-refractivity contribution in [3.8, 4) is 0 Å². The molecule has 1 atom stereocenters. The van der Waals surface area contributed by atoms with Gasteiger partial charge in [0.25, 0.3) is 0 Å². The molecule has 2 heteroatoms. The van der Waals surface area contributed by atoms with Gasteiger partial charge >= 0.3 is 0 Å². The average Bonchev–Trinajstić information content (AvgIpc) is 2.40. The van der Waals surface area contributed by atoms with Crippen LogP contribution in [0.15, 0.2) is 42.5 Å². The molecule has 0 aliphatic heterocycles. The molecule has 0 aliphatic carbocycles. The second-order valence-corrected chi connectivity index (χ2v) is 5.36. The summed E-state index contributed by atoms with van der Waals surface area (Å²) in [4.78, 5) is 11.3. The highest BCUT2D eigenvalue weighted by Crippen LogP contribution is 2.23. The lowest BCUT2D eigenvalue weighted by atomic mass is 9.92. The summed E-state index contributed by atoms with van der Waals surface area (Å²) in [5.74, 6) is -0.138. The van der Waals surface area contributed by atoms with Crippen molar-refractivity contribution < 1.29 is 4.79 Å². The molecule has 19 heavy (non-hydrogen) atoms. The maximum absolute atomic E-state index is 11.3. The molecular formula is C17H17ClO. The molecule has 0 spiro atoms. The zero-order chi connectivity index (χ0) is 13.8. The first-order valence-electron chi connectivity index (χ1n) is 6.37. The molecule has 0 saturated heterocycles. The molecule has 0 amide bonds. The molecule has 2 aromatic carbocycles. The highest BCUT2D eigenvalue weighted by molar-refractivity contribution is 6.30. The van der Waals surface area contributed by atoms with E-state index in [9.17, 15) is 4.79 Å². The molecule has 1 nitrogen and oxygen atoms in total. The number of rotatable bonds is 4. The summed E-state index contributed by atoms with van der Waals surface area (Å²) in [6, 6.07) is 13.9. The summed E-state index contributed by atoms with van der Waals surface area (Å²) >= 11 is 5.98. The lowest BCUT2D eigenvalue weighted by molar-refractivity contribution is -0.109. The van der Waals surface area contributed by atoms with E-state index in [4.69, 9.17) is 11.6 Å². The molecule has 0 saturated carbocycles. The van der Waals surface area contributed by atoms with Crippen LogP contribution in [0.5, 0.6) is 0 Å². The summed E-state index contributed by atoms with van der Waals surface area (Å²) in [5.41, 5.74) is 4.68. The van der Waals surface area contributed by atoms with E-state index in [1.807, 2.05) is 24.3 Å². The van der Waals surface area contributed by atoms with Crippen LogP contribution in [0.4, 0.5) is 0 Å². The lowest BCUT2D eigenvalue weighted by Gasteiger charge is -2.12. The molecule has 2 aromatic rings. The smallest absolute Gasteiger partial charge is 0.127 e. The highest BCUT2D eigenvalue weighted by atomic mass is 35.5. The van der Waals surface area contributed by atoms with Gasteiger partial charge in [0.1, 0.15) is 6.29 Å². The van der Waals surface area contributed by atoms with E-state index in [0.717, 1.165) is 11.8 Å². The molecule has 1 unspecified atom stereocenters. The van der Waals surface area contributed by atoms with Gasteiger partial charge in [0.2, 0.25) is 0 Å². The third-order valence-electron chi connectivity index (χ3n) is 3.47. The van der Waals surface area contributed by atoms with Gasteiger partial charge in [0.05, 0.1) is 0 Å². The van der Waals surface area contributed by atoms with Crippen LogP contribution in [0.1, 0.15) is 28.2 Å². The number of hydrogen-bond acceptors (Lipinski definition) is 1. The highest BCUT2D eigenvalue weighted by Gasteiger charge is 2.12. The first-order valence-corrected chi connectivity index (χ1v) is 6.75. The molecule has 98 valence electrons. The van der Waals surface area contributed by atoms with E-state index in [1.165, 1.54) is 16.7 Å². The Bertz CT molecular complexity index is 590. The molecule has 0 heterocycles. The minimum absolute atomic E-state index is 0.138. The van der Waals surface area contributed by atoms with Gasteiger partial charge < -0.3 is 4.79 Å². The second kappa shape index (κ2) is 6.03. The van der Waals surface area contributed by atoms with Crippen molar-refractivity contribution >= 4 is 17.9 Å². The van der Waals surface area contributed by atoms with Crippen molar-refractivity contribution in [3.05, 3.63) is 69.7 Å². The van der Waals surface area contributed by atoms with Crippen molar-refractivity contribution in [3.63, 3.8) is 0 Å². The van der Waals surface area contributed by atoms with Crippen LogP contribution >= 0.6 is 11.6 Å². The summed E-state index contributed by atoms with van der Waals surface area (Å²) in [6.45, 7) is 4.18. The van der Waals surface area contributed by atoms with Crippen LogP contribution in [0, 0.1) is 13.8 Å². The Hall–Kier alpha value is -1.60. The standard InChI is InChI=1S/C17H17ClO/c1-12-6-7-14(8-13(12)2)9-16(11-19)15-4-3-5-17(18)10-15/h3-8,10-11,16H,9H2,1-2H3. The number of benzene rings is 2. The van der Waals surface area contributed by atoms with Gasteiger partial charge in [-0.25, -0.2) is 0 Å². The van der Waals surface area contributed by atoms with Crippen molar-refractivity contribution in [1.29, 1.82) is 0 Å². The van der Waals surface area contributed by atoms with Gasteiger partial charge in [-0.1, -0.05) is 41.9 Å². The monoisotopic (exact) mass is 272 g/mol. The molecule has 0 aliphatic rings. The fourth-order valence-corrected chi connectivity index (χ4v) is 2.36. The third-order valence-corrected chi connectivity index (χ3v) is 3.70. The molecule has 0 bridgehead atoms. The Balaban J connectivity index is 2.23. The maximum atomic E-state index is 11.3. The van der Waals surface area contributed by atoms with Crippen LogP contribution in [0.3, 0.4) is 0 Å². The molecule has 0 fully saturated rings. The number of aryl methyl sites for hydroxylation is 2. The number of halogens is 1. The van der Waals surface area contributed by atoms with E-state index < -0.39 is 0 Å². The zero-order valence-electron chi connectivity index (χ0n) is 11.2. The normalized spacial score (nSPS) is 12.2. The molecule has 2 rings (SSSR count). The first-order chi connectivity index (χ1) is 9.10. The Morgan fingerprint density at radius 1 is 1.11 bits per heavy atom. The zero-order valence-corrected chi connectivity index (χ0v) is 11.9. The predicted molar refractivity (Wildman–Crippen MR) is 79.9 cm³/mol. The van der Waals surface area contributed by atoms with Crippen LogP contribution in [0.25, 0.3) is 0 Å². The Labute approximate surface area is 119 Å². The van der Waals surface area contributed by atoms with Crippen molar-refractivity contribution in [1.82, 2.24) is 0 Å². The summed E-state index contributed by atoms with van der Waals surface area (Å²) in [6.07, 6.45) is 1.71. The number of carbonyl (C=O) groups is 1. The molecule has 0 N–H and O–H groups in total. The Kier molecular flexibility index (Phi) is 4.39. The maximum Gasteiger partial charge on any atom is 0.127 e. The summed E-state index contributed by atoms with van der Waals surface area (Å²) in [7, 11) is 0. The van der Waals surface area contributed by atoms with E-state index >= 15 is 0 Å². The van der Waals surface area contributed by atoms with E-state index in [2.05, 4.69) is 32.0 Å². The minimum atomic E-state index is -0.138. The molecule has 0 radical (unpaired) electrons. The third kappa shape index (κ3) is 3.45. The minimum Gasteiger partial charge on any atom is -0.303 e. The Morgan fingerprint density at radius 3 is 2.53 bits per heavy atom. The van der Waals surface area contributed by atoms with Crippen LogP contribution < -0.4 is 0 Å². The number of hydrogen-bond donors (Lipinski definition) is 0. The van der Waals surface area contributed by atoms with Crippen molar-refractivity contribution in [2.75, 3.05) is 0 Å². The Morgan fingerprint density at radius 2 is 1.89 bits per heavy atom.